The molecule has 0 spiro atoms. The molecule has 0 bridgehead atoms. The summed E-state index contributed by atoms with van der Waals surface area (Å²) < 4.78 is 10.2. The fourth-order valence-electron chi connectivity index (χ4n) is 1.99. The van der Waals surface area contributed by atoms with E-state index in [1.54, 1.807) is 24.3 Å². The molecule has 0 saturated heterocycles. The number of nitrogens with one attached hydrogen (secondary N) is 2. The maximum absolute atomic E-state index is 12.2. The molecule has 0 aromatic heterocycles. The van der Waals surface area contributed by atoms with E-state index in [0.29, 0.717) is 27.1 Å². The molecule has 2 aromatic carbocycles. The molecule has 0 saturated carbocycles. The molecule has 26 heavy (non-hydrogen) atoms. The number of ether oxygens (including phenoxy) is 2. The minimum atomic E-state index is -0.538. The maximum Gasteiger partial charge on any atom is 0.269 e. The molecule has 8 heteroatoms. The Morgan fingerprint density at radius 1 is 1.00 bits per heavy atom. The lowest BCUT2D eigenvalue weighted by Crippen LogP contribution is -2.40. The molecule has 0 radical (unpaired) electrons. The van der Waals surface area contributed by atoms with E-state index in [-0.39, 0.29) is 5.56 Å². The average Bonchev–Trinajstić information content (AvgIpc) is 2.66. The first-order valence-corrected chi connectivity index (χ1v) is 8.15. The van der Waals surface area contributed by atoms with E-state index in [9.17, 15) is 9.59 Å². The van der Waals surface area contributed by atoms with E-state index < -0.39 is 11.8 Å². The molecule has 0 atom stereocenters. The number of rotatable bonds is 5. The third-order valence-corrected chi connectivity index (χ3v) is 4.14. The quantitative estimate of drug-likeness (QED) is 0.600. The second-order valence-corrected chi connectivity index (χ2v) is 5.81. The van der Waals surface area contributed by atoms with Crippen LogP contribution in [0.2, 0.25) is 10.0 Å². The van der Waals surface area contributed by atoms with Crippen molar-refractivity contribution in [1.29, 1.82) is 0 Å². The zero-order chi connectivity index (χ0) is 19.1. The van der Waals surface area contributed by atoms with Crippen molar-refractivity contribution in [3.05, 3.63) is 63.6 Å². The fraction of sp³-hybridized carbons (Fsp3) is 0.111. The number of amides is 2. The first-order valence-electron chi connectivity index (χ1n) is 7.40. The van der Waals surface area contributed by atoms with Gasteiger partial charge in [-0.1, -0.05) is 35.3 Å². The van der Waals surface area contributed by atoms with Crippen molar-refractivity contribution in [3.63, 3.8) is 0 Å². The SMILES string of the molecule is COc1cc(OC)cc(C(=O)NNC(=O)/C=C/c2cccc(Cl)c2Cl)c1. The van der Waals surface area contributed by atoms with Crippen LogP contribution in [-0.4, -0.2) is 26.0 Å². The van der Waals surface area contributed by atoms with Gasteiger partial charge in [0.1, 0.15) is 11.5 Å². The summed E-state index contributed by atoms with van der Waals surface area (Å²) in [5, 5.41) is 0.722. The van der Waals surface area contributed by atoms with Crippen LogP contribution in [0.1, 0.15) is 15.9 Å². The molecule has 6 nitrogen and oxygen atoms in total. The van der Waals surface area contributed by atoms with Crippen LogP contribution in [0.15, 0.2) is 42.5 Å². The highest BCUT2D eigenvalue weighted by Gasteiger charge is 2.10. The first kappa shape index (κ1) is 19.6. The summed E-state index contributed by atoms with van der Waals surface area (Å²) in [5.41, 5.74) is 5.43. The van der Waals surface area contributed by atoms with Crippen LogP contribution in [0, 0.1) is 0 Å². The van der Waals surface area contributed by atoms with Gasteiger partial charge < -0.3 is 9.47 Å². The van der Waals surface area contributed by atoms with E-state index >= 15 is 0 Å². The lowest BCUT2D eigenvalue weighted by molar-refractivity contribution is -0.117. The van der Waals surface area contributed by atoms with Crippen molar-refractivity contribution in [2.24, 2.45) is 0 Å². The number of carbonyl (C=O) groups is 2. The summed E-state index contributed by atoms with van der Waals surface area (Å²) in [6, 6.07) is 9.73. The Balaban J connectivity index is 2.00. The minimum absolute atomic E-state index is 0.267. The van der Waals surface area contributed by atoms with Crippen LogP contribution in [0.5, 0.6) is 11.5 Å². The average molecular weight is 395 g/mol. The Hall–Kier alpha value is -2.70. The van der Waals surface area contributed by atoms with Gasteiger partial charge in [-0.25, -0.2) is 0 Å². The summed E-state index contributed by atoms with van der Waals surface area (Å²) in [5.74, 6) is -0.151. The number of benzene rings is 2. The minimum Gasteiger partial charge on any atom is -0.497 e. The summed E-state index contributed by atoms with van der Waals surface area (Å²) in [6.45, 7) is 0. The highest BCUT2D eigenvalue weighted by molar-refractivity contribution is 6.42. The molecule has 0 heterocycles. The molecule has 0 aliphatic heterocycles. The van der Waals surface area contributed by atoms with Gasteiger partial charge in [0, 0.05) is 17.7 Å². The van der Waals surface area contributed by atoms with E-state index in [4.69, 9.17) is 32.7 Å². The predicted molar refractivity (Wildman–Crippen MR) is 101 cm³/mol. The van der Waals surface area contributed by atoms with Gasteiger partial charge in [-0.2, -0.15) is 0 Å². The van der Waals surface area contributed by atoms with E-state index in [0.717, 1.165) is 0 Å². The summed E-state index contributed by atoms with van der Waals surface area (Å²) in [7, 11) is 2.95. The monoisotopic (exact) mass is 394 g/mol. The largest absolute Gasteiger partial charge is 0.497 e. The smallest absolute Gasteiger partial charge is 0.269 e. The molecular formula is C18H16Cl2N2O4. The van der Waals surface area contributed by atoms with Crippen molar-refractivity contribution < 1.29 is 19.1 Å². The number of halogens is 2. The molecular weight excluding hydrogens is 379 g/mol. The number of methoxy groups -OCH3 is 2. The van der Waals surface area contributed by atoms with Gasteiger partial charge in [-0.15, -0.1) is 0 Å². The van der Waals surface area contributed by atoms with Crippen LogP contribution in [0.25, 0.3) is 6.08 Å². The van der Waals surface area contributed by atoms with Crippen molar-refractivity contribution in [2.45, 2.75) is 0 Å². The lowest BCUT2D eigenvalue weighted by atomic mass is 10.2. The molecule has 136 valence electrons. The van der Waals surface area contributed by atoms with Crippen LogP contribution in [0.3, 0.4) is 0 Å². The Morgan fingerprint density at radius 2 is 1.65 bits per heavy atom. The second-order valence-electron chi connectivity index (χ2n) is 5.02. The molecule has 0 aliphatic rings. The third-order valence-electron chi connectivity index (χ3n) is 3.31. The summed E-state index contributed by atoms with van der Waals surface area (Å²) in [4.78, 5) is 24.0. The Kier molecular flexibility index (Phi) is 6.89. The second kappa shape index (κ2) is 9.12. The molecule has 2 aromatic rings. The van der Waals surface area contributed by atoms with Crippen molar-refractivity contribution >= 4 is 41.1 Å². The van der Waals surface area contributed by atoms with E-state index in [2.05, 4.69) is 10.9 Å². The molecule has 2 rings (SSSR count). The van der Waals surface area contributed by atoms with Gasteiger partial charge in [-0.05, 0) is 29.8 Å². The van der Waals surface area contributed by atoms with Crippen LogP contribution in [0.4, 0.5) is 0 Å². The van der Waals surface area contributed by atoms with Crippen LogP contribution in [-0.2, 0) is 4.79 Å². The van der Waals surface area contributed by atoms with Gasteiger partial charge in [0.25, 0.3) is 11.8 Å². The highest BCUT2D eigenvalue weighted by Crippen LogP contribution is 2.26. The summed E-state index contributed by atoms with van der Waals surface area (Å²) in [6.07, 6.45) is 2.72. The molecule has 2 N–H and O–H groups in total. The standard InChI is InChI=1S/C18H16Cl2N2O4/c1-25-13-8-12(9-14(10-13)26-2)18(24)22-21-16(23)7-6-11-4-3-5-15(19)17(11)20/h3-10H,1-2H3,(H,21,23)(H,22,24)/b7-6+. The Labute approximate surface area is 160 Å². The first-order chi connectivity index (χ1) is 12.4. The van der Waals surface area contributed by atoms with Gasteiger partial charge >= 0.3 is 0 Å². The molecule has 0 aliphatic carbocycles. The van der Waals surface area contributed by atoms with Gasteiger partial charge in [0.2, 0.25) is 0 Å². The van der Waals surface area contributed by atoms with Crippen LogP contribution >= 0.6 is 23.2 Å². The lowest BCUT2D eigenvalue weighted by Gasteiger charge is -2.09. The van der Waals surface area contributed by atoms with Crippen LogP contribution < -0.4 is 20.3 Å². The topological polar surface area (TPSA) is 76.7 Å². The summed E-state index contributed by atoms with van der Waals surface area (Å²) >= 11 is 11.9. The number of hydrogen-bond acceptors (Lipinski definition) is 4. The van der Waals surface area contributed by atoms with E-state index in [1.165, 1.54) is 38.5 Å². The number of hydrazine groups is 1. The van der Waals surface area contributed by atoms with E-state index in [1.807, 2.05) is 0 Å². The van der Waals surface area contributed by atoms with Gasteiger partial charge in [-0.3, -0.25) is 20.4 Å². The zero-order valence-electron chi connectivity index (χ0n) is 14.0. The van der Waals surface area contributed by atoms with Crippen molar-refractivity contribution in [3.8, 4) is 11.5 Å². The normalized spacial score (nSPS) is 10.5. The molecule has 0 fully saturated rings. The molecule has 2 amide bonds. The third kappa shape index (κ3) is 5.15. The Bertz CT molecular complexity index is 831. The molecule has 0 unspecified atom stereocenters. The zero-order valence-corrected chi connectivity index (χ0v) is 15.5. The predicted octanol–water partition coefficient (Wildman–Crippen LogP) is 3.49. The maximum atomic E-state index is 12.2. The van der Waals surface area contributed by atoms with Crippen molar-refractivity contribution in [2.75, 3.05) is 14.2 Å². The van der Waals surface area contributed by atoms with Gasteiger partial charge in [0.05, 0.1) is 24.3 Å². The highest BCUT2D eigenvalue weighted by atomic mass is 35.5. The Morgan fingerprint density at radius 3 is 2.27 bits per heavy atom. The number of hydrogen-bond donors (Lipinski definition) is 2. The van der Waals surface area contributed by atoms with Gasteiger partial charge in [0.15, 0.2) is 0 Å². The van der Waals surface area contributed by atoms with Crippen molar-refractivity contribution in [1.82, 2.24) is 10.9 Å². The fourth-order valence-corrected chi connectivity index (χ4v) is 2.36. The number of carbonyl (C=O) groups excluding carboxylic acids is 2.